The minimum absolute atomic E-state index is 0.356. The van der Waals surface area contributed by atoms with E-state index in [4.69, 9.17) is 14.7 Å². The molecule has 0 radical (unpaired) electrons. The van der Waals surface area contributed by atoms with Crippen molar-refractivity contribution in [2.45, 2.75) is 58.5 Å². The van der Waals surface area contributed by atoms with Gasteiger partial charge < -0.3 is 14.5 Å². The average molecular weight is 431 g/mol. The van der Waals surface area contributed by atoms with Crippen LogP contribution in [0, 0.1) is 6.92 Å². The number of benzene rings is 2. The molecule has 0 aliphatic carbocycles. The molecule has 0 saturated carbocycles. The molecule has 1 saturated heterocycles. The van der Waals surface area contributed by atoms with Gasteiger partial charge in [0.25, 0.3) is 0 Å². The van der Waals surface area contributed by atoms with Crippen LogP contribution in [0.5, 0.6) is 6.01 Å². The van der Waals surface area contributed by atoms with Crippen molar-refractivity contribution in [3.63, 3.8) is 0 Å². The highest BCUT2D eigenvalue weighted by molar-refractivity contribution is 5.96. The van der Waals surface area contributed by atoms with Crippen molar-refractivity contribution in [1.82, 2.24) is 14.9 Å². The zero-order valence-corrected chi connectivity index (χ0v) is 19.8. The molecule has 168 valence electrons. The molecule has 0 spiro atoms. The number of likely N-dealkylation sites (N-methyl/N-ethyl adjacent to an activating group) is 1. The third kappa shape index (κ3) is 3.95. The van der Waals surface area contributed by atoms with E-state index in [2.05, 4.69) is 74.0 Å². The molecule has 0 amide bonds. The van der Waals surface area contributed by atoms with Gasteiger partial charge >= 0.3 is 6.01 Å². The summed E-state index contributed by atoms with van der Waals surface area (Å²) >= 11 is 0. The van der Waals surface area contributed by atoms with Gasteiger partial charge in [-0.05, 0) is 68.3 Å². The fraction of sp³-hybridized carbons (Fsp3) is 0.481. The lowest BCUT2D eigenvalue weighted by atomic mass is 9.95. The number of rotatable bonds is 5. The summed E-state index contributed by atoms with van der Waals surface area (Å²) in [5.41, 5.74) is 6.21. The summed E-state index contributed by atoms with van der Waals surface area (Å²) in [4.78, 5) is 14.6. The minimum atomic E-state index is 0.356. The molecule has 3 heterocycles. The van der Waals surface area contributed by atoms with Gasteiger partial charge in [0, 0.05) is 23.7 Å². The molecule has 1 fully saturated rings. The lowest BCUT2D eigenvalue weighted by Gasteiger charge is -2.32. The van der Waals surface area contributed by atoms with Gasteiger partial charge in [-0.2, -0.15) is 9.97 Å². The molecule has 1 aromatic heterocycles. The lowest BCUT2D eigenvalue weighted by molar-refractivity contribution is 0.186. The molecule has 32 heavy (non-hydrogen) atoms. The maximum atomic E-state index is 6.17. The van der Waals surface area contributed by atoms with Gasteiger partial charge in [-0.25, -0.2) is 0 Å². The Balaban J connectivity index is 1.46. The van der Waals surface area contributed by atoms with Gasteiger partial charge in [0.15, 0.2) is 0 Å². The fourth-order valence-corrected chi connectivity index (χ4v) is 5.31. The molecule has 2 aliphatic rings. The standard InChI is InChI=1S/C27H34N4O/c1-18(2)26-22-13-15-31(24-12-6-10-20-9-5-8-19(3)25(20)24)16-23(22)28-27(29-26)32-17-21-11-7-14-30(21)4/h5-6,8-10,12,18,21H,7,11,13-17H2,1-4H3. The number of likely N-dealkylation sites (tertiary alicyclic amines) is 1. The average Bonchev–Trinajstić information content (AvgIpc) is 3.21. The second-order valence-electron chi connectivity index (χ2n) is 9.68. The summed E-state index contributed by atoms with van der Waals surface area (Å²) in [6.07, 6.45) is 3.40. The Morgan fingerprint density at radius 2 is 1.91 bits per heavy atom. The van der Waals surface area contributed by atoms with E-state index in [0.29, 0.717) is 24.6 Å². The second kappa shape index (κ2) is 8.70. The summed E-state index contributed by atoms with van der Waals surface area (Å²) < 4.78 is 6.17. The van der Waals surface area contributed by atoms with Crippen LogP contribution in [0.1, 0.15) is 55.1 Å². The largest absolute Gasteiger partial charge is 0.462 e. The number of aromatic nitrogens is 2. The molecule has 5 heteroatoms. The summed E-state index contributed by atoms with van der Waals surface area (Å²) in [6, 6.07) is 14.2. The third-order valence-corrected chi connectivity index (χ3v) is 7.13. The van der Waals surface area contributed by atoms with Crippen molar-refractivity contribution in [3.8, 4) is 6.01 Å². The smallest absolute Gasteiger partial charge is 0.316 e. The van der Waals surface area contributed by atoms with Gasteiger partial charge in [0.2, 0.25) is 0 Å². The van der Waals surface area contributed by atoms with Gasteiger partial charge in [-0.1, -0.05) is 44.2 Å². The highest BCUT2D eigenvalue weighted by Crippen LogP contribution is 2.34. The molecule has 3 aromatic rings. The molecule has 5 rings (SSSR count). The van der Waals surface area contributed by atoms with Crippen LogP contribution in [0.4, 0.5) is 5.69 Å². The maximum Gasteiger partial charge on any atom is 0.316 e. The quantitative estimate of drug-likeness (QED) is 0.563. The molecule has 1 unspecified atom stereocenters. The van der Waals surface area contributed by atoms with Crippen molar-refractivity contribution in [2.24, 2.45) is 0 Å². The SMILES string of the molecule is Cc1cccc2cccc(N3CCc4c(nc(OCC5CCCN5C)nc4C(C)C)C3)c12. The van der Waals surface area contributed by atoms with Crippen LogP contribution >= 0.6 is 0 Å². The Morgan fingerprint density at radius 1 is 1.09 bits per heavy atom. The Labute approximate surface area is 191 Å². The predicted molar refractivity (Wildman–Crippen MR) is 131 cm³/mol. The normalized spacial score (nSPS) is 19.0. The number of hydrogen-bond acceptors (Lipinski definition) is 5. The first kappa shape index (κ1) is 21.2. The molecular formula is C27H34N4O. The van der Waals surface area contributed by atoms with Gasteiger partial charge in [0.1, 0.15) is 6.61 Å². The van der Waals surface area contributed by atoms with Crippen LogP contribution in [0.25, 0.3) is 10.8 Å². The van der Waals surface area contributed by atoms with E-state index in [9.17, 15) is 0 Å². The van der Waals surface area contributed by atoms with Crippen LogP contribution in [0.2, 0.25) is 0 Å². The zero-order chi connectivity index (χ0) is 22.2. The summed E-state index contributed by atoms with van der Waals surface area (Å²) in [5.74, 6) is 0.356. The van der Waals surface area contributed by atoms with Crippen LogP contribution < -0.4 is 9.64 Å². The van der Waals surface area contributed by atoms with E-state index in [0.717, 1.165) is 37.4 Å². The van der Waals surface area contributed by atoms with Crippen molar-refractivity contribution in [3.05, 3.63) is 58.9 Å². The van der Waals surface area contributed by atoms with Crippen LogP contribution in [-0.2, 0) is 13.0 Å². The Morgan fingerprint density at radius 3 is 2.66 bits per heavy atom. The Hall–Kier alpha value is -2.66. The fourth-order valence-electron chi connectivity index (χ4n) is 5.31. The van der Waals surface area contributed by atoms with Crippen molar-refractivity contribution < 1.29 is 4.74 Å². The van der Waals surface area contributed by atoms with Crippen molar-refractivity contribution in [1.29, 1.82) is 0 Å². The van der Waals surface area contributed by atoms with E-state index in [-0.39, 0.29) is 0 Å². The van der Waals surface area contributed by atoms with E-state index in [1.807, 2.05) is 0 Å². The number of ether oxygens (including phenoxy) is 1. The van der Waals surface area contributed by atoms with Gasteiger partial charge in [-0.3, -0.25) is 0 Å². The van der Waals surface area contributed by atoms with E-state index < -0.39 is 0 Å². The first-order chi connectivity index (χ1) is 15.5. The number of fused-ring (bicyclic) bond motifs is 2. The third-order valence-electron chi connectivity index (χ3n) is 7.13. The second-order valence-corrected chi connectivity index (χ2v) is 9.68. The molecular weight excluding hydrogens is 396 g/mol. The zero-order valence-electron chi connectivity index (χ0n) is 19.8. The highest BCUT2D eigenvalue weighted by atomic mass is 16.5. The first-order valence-electron chi connectivity index (χ1n) is 12.0. The molecule has 1 atom stereocenters. The van der Waals surface area contributed by atoms with Crippen LogP contribution in [0.3, 0.4) is 0 Å². The monoisotopic (exact) mass is 430 g/mol. The Bertz CT molecular complexity index is 1120. The number of aryl methyl sites for hydroxylation is 1. The highest BCUT2D eigenvalue weighted by Gasteiger charge is 2.26. The summed E-state index contributed by atoms with van der Waals surface area (Å²) in [6.45, 7) is 10.2. The van der Waals surface area contributed by atoms with Gasteiger partial charge in [0.05, 0.1) is 17.9 Å². The lowest BCUT2D eigenvalue weighted by Crippen LogP contribution is -2.33. The molecule has 2 aromatic carbocycles. The summed E-state index contributed by atoms with van der Waals surface area (Å²) in [5, 5.41) is 2.64. The molecule has 0 bridgehead atoms. The van der Waals surface area contributed by atoms with E-state index in [1.54, 1.807) is 0 Å². The Kier molecular flexibility index (Phi) is 5.76. The van der Waals surface area contributed by atoms with Crippen LogP contribution in [-0.4, -0.2) is 47.7 Å². The molecule has 2 aliphatic heterocycles. The van der Waals surface area contributed by atoms with E-state index in [1.165, 1.54) is 40.4 Å². The predicted octanol–water partition coefficient (Wildman–Crippen LogP) is 5.10. The number of nitrogens with zero attached hydrogens (tertiary/aromatic N) is 4. The maximum absolute atomic E-state index is 6.17. The van der Waals surface area contributed by atoms with E-state index >= 15 is 0 Å². The molecule has 0 N–H and O–H groups in total. The van der Waals surface area contributed by atoms with Crippen molar-refractivity contribution >= 4 is 16.5 Å². The van der Waals surface area contributed by atoms with Crippen LogP contribution in [0.15, 0.2) is 36.4 Å². The summed E-state index contributed by atoms with van der Waals surface area (Å²) in [7, 11) is 2.18. The first-order valence-corrected chi connectivity index (χ1v) is 12.0. The number of hydrogen-bond donors (Lipinski definition) is 0. The number of anilines is 1. The van der Waals surface area contributed by atoms with Crippen molar-refractivity contribution in [2.75, 3.05) is 31.6 Å². The van der Waals surface area contributed by atoms with Gasteiger partial charge in [-0.15, -0.1) is 0 Å². The topological polar surface area (TPSA) is 41.5 Å². The molecule has 5 nitrogen and oxygen atoms in total. The minimum Gasteiger partial charge on any atom is -0.462 e.